The minimum atomic E-state index is 0.564. The summed E-state index contributed by atoms with van der Waals surface area (Å²) >= 11 is 0. The molecule has 0 fully saturated rings. The summed E-state index contributed by atoms with van der Waals surface area (Å²) in [5.74, 6) is 1.72. The standard InChI is InChI=1S/C51H29N3O2/c1-2-12-30(13-3-1)34-28-29-41(47-39-17-7-9-22-43(39)56-48(34)47)51-53-49(52-50(54-51)40-20-11-23-44-46(40)38-16-6-8-21-42(38)55-44)37-19-10-18-36-35(37)27-26-32-25-24-31-14-4-5-15-33(31)45(32)36/h1-29H. The molecule has 0 radical (unpaired) electrons. The number of para-hydroxylation sites is 2. The zero-order chi connectivity index (χ0) is 36.7. The number of fused-ring (bicyclic) bond motifs is 11. The van der Waals surface area contributed by atoms with Gasteiger partial charge in [0.25, 0.3) is 0 Å². The van der Waals surface area contributed by atoms with E-state index in [1.807, 2.05) is 48.5 Å². The van der Waals surface area contributed by atoms with E-state index in [9.17, 15) is 0 Å². The third kappa shape index (κ3) is 4.58. The molecule has 0 bridgehead atoms. The zero-order valence-corrected chi connectivity index (χ0v) is 29.9. The molecule has 9 aromatic carbocycles. The Labute approximate surface area is 320 Å². The Morgan fingerprint density at radius 3 is 1.66 bits per heavy atom. The van der Waals surface area contributed by atoms with Crippen molar-refractivity contribution in [1.29, 1.82) is 0 Å². The van der Waals surface area contributed by atoms with Crippen LogP contribution < -0.4 is 0 Å². The third-order valence-corrected chi connectivity index (χ3v) is 11.1. The van der Waals surface area contributed by atoms with Crippen molar-refractivity contribution in [2.75, 3.05) is 0 Å². The molecule has 3 heterocycles. The fourth-order valence-corrected chi connectivity index (χ4v) is 8.62. The first kappa shape index (κ1) is 30.8. The van der Waals surface area contributed by atoms with Gasteiger partial charge < -0.3 is 8.83 Å². The topological polar surface area (TPSA) is 65.0 Å². The number of hydrogen-bond donors (Lipinski definition) is 0. The summed E-state index contributed by atoms with van der Waals surface area (Å²) in [6.45, 7) is 0. The number of furan rings is 2. The molecular formula is C51H29N3O2. The maximum absolute atomic E-state index is 6.68. The minimum Gasteiger partial charge on any atom is -0.456 e. The van der Waals surface area contributed by atoms with E-state index in [2.05, 4.69) is 127 Å². The van der Waals surface area contributed by atoms with Crippen molar-refractivity contribution in [3.8, 4) is 45.3 Å². The van der Waals surface area contributed by atoms with Crippen LogP contribution in [-0.2, 0) is 0 Å². The smallest absolute Gasteiger partial charge is 0.164 e. The molecule has 56 heavy (non-hydrogen) atoms. The van der Waals surface area contributed by atoms with E-state index in [0.717, 1.165) is 82.5 Å². The van der Waals surface area contributed by atoms with Gasteiger partial charge in [-0.25, -0.2) is 15.0 Å². The van der Waals surface area contributed by atoms with Gasteiger partial charge in [0.1, 0.15) is 22.3 Å². The molecule has 0 unspecified atom stereocenters. The van der Waals surface area contributed by atoms with Crippen molar-refractivity contribution in [1.82, 2.24) is 15.0 Å². The molecule has 12 rings (SSSR count). The second kappa shape index (κ2) is 11.9. The van der Waals surface area contributed by atoms with E-state index in [-0.39, 0.29) is 0 Å². The van der Waals surface area contributed by atoms with E-state index < -0.39 is 0 Å². The summed E-state index contributed by atoms with van der Waals surface area (Å²) < 4.78 is 13.0. The third-order valence-electron chi connectivity index (χ3n) is 11.1. The van der Waals surface area contributed by atoms with Gasteiger partial charge in [0.2, 0.25) is 0 Å². The highest BCUT2D eigenvalue weighted by atomic mass is 16.3. The van der Waals surface area contributed by atoms with Gasteiger partial charge in [0, 0.05) is 43.8 Å². The van der Waals surface area contributed by atoms with Crippen molar-refractivity contribution < 1.29 is 8.83 Å². The van der Waals surface area contributed by atoms with Crippen LogP contribution in [0, 0.1) is 0 Å². The highest BCUT2D eigenvalue weighted by molar-refractivity contribution is 6.22. The van der Waals surface area contributed by atoms with Crippen LogP contribution in [0.5, 0.6) is 0 Å². The lowest BCUT2D eigenvalue weighted by atomic mass is 9.94. The van der Waals surface area contributed by atoms with E-state index in [1.165, 1.54) is 21.5 Å². The van der Waals surface area contributed by atoms with Gasteiger partial charge >= 0.3 is 0 Å². The summed E-state index contributed by atoms with van der Waals surface area (Å²) in [6, 6.07) is 60.9. The lowest BCUT2D eigenvalue weighted by molar-refractivity contribution is 0.669. The molecule has 5 nitrogen and oxygen atoms in total. The number of hydrogen-bond acceptors (Lipinski definition) is 5. The van der Waals surface area contributed by atoms with Crippen LogP contribution in [0.25, 0.3) is 121 Å². The predicted octanol–water partition coefficient (Wildman–Crippen LogP) is 13.8. The molecule has 0 aliphatic carbocycles. The molecule has 0 amide bonds. The van der Waals surface area contributed by atoms with Gasteiger partial charge in [-0.05, 0) is 68.2 Å². The number of rotatable bonds is 4. The quantitative estimate of drug-likeness (QED) is 0.170. The Balaban J connectivity index is 1.18. The van der Waals surface area contributed by atoms with Gasteiger partial charge in [0.15, 0.2) is 17.5 Å². The van der Waals surface area contributed by atoms with Crippen molar-refractivity contribution in [3.05, 3.63) is 176 Å². The summed E-state index contributed by atoms with van der Waals surface area (Å²) in [5, 5.41) is 11.0. The Hall–Kier alpha value is -7.63. The highest BCUT2D eigenvalue weighted by Gasteiger charge is 2.23. The van der Waals surface area contributed by atoms with Gasteiger partial charge in [-0.2, -0.15) is 0 Å². The molecule has 0 aliphatic rings. The van der Waals surface area contributed by atoms with Gasteiger partial charge in [-0.1, -0.05) is 146 Å². The molecule has 0 atom stereocenters. The molecule has 0 spiro atoms. The first-order valence-electron chi connectivity index (χ1n) is 18.8. The van der Waals surface area contributed by atoms with Crippen LogP contribution in [-0.4, -0.2) is 15.0 Å². The largest absolute Gasteiger partial charge is 0.456 e. The minimum absolute atomic E-state index is 0.564. The Kier molecular flexibility index (Phi) is 6.56. The van der Waals surface area contributed by atoms with Gasteiger partial charge in [0.05, 0.1) is 0 Å². The van der Waals surface area contributed by atoms with Gasteiger partial charge in [-0.3, -0.25) is 0 Å². The average molecular weight is 716 g/mol. The molecule has 12 aromatic rings. The van der Waals surface area contributed by atoms with Crippen molar-refractivity contribution in [2.45, 2.75) is 0 Å². The molecule has 0 aliphatic heterocycles. The summed E-state index contributed by atoms with van der Waals surface area (Å²) in [5.41, 5.74) is 7.98. The van der Waals surface area contributed by atoms with Crippen molar-refractivity contribution in [2.24, 2.45) is 0 Å². The average Bonchev–Trinajstić information content (AvgIpc) is 3.85. The molecule has 260 valence electrons. The molecule has 0 saturated carbocycles. The van der Waals surface area contributed by atoms with Crippen LogP contribution in [0.1, 0.15) is 0 Å². The summed E-state index contributed by atoms with van der Waals surface area (Å²) in [4.78, 5) is 16.1. The fraction of sp³-hybridized carbons (Fsp3) is 0. The van der Waals surface area contributed by atoms with Crippen molar-refractivity contribution >= 4 is 76.2 Å². The first-order chi connectivity index (χ1) is 27.8. The van der Waals surface area contributed by atoms with Crippen LogP contribution >= 0.6 is 0 Å². The predicted molar refractivity (Wildman–Crippen MR) is 229 cm³/mol. The Morgan fingerprint density at radius 1 is 0.286 bits per heavy atom. The lowest BCUT2D eigenvalue weighted by Gasteiger charge is -2.14. The summed E-state index contributed by atoms with van der Waals surface area (Å²) in [7, 11) is 0. The Bertz CT molecular complexity index is 3550. The first-order valence-corrected chi connectivity index (χ1v) is 18.8. The monoisotopic (exact) mass is 715 g/mol. The summed E-state index contributed by atoms with van der Waals surface area (Å²) in [6.07, 6.45) is 0. The van der Waals surface area contributed by atoms with Crippen molar-refractivity contribution in [3.63, 3.8) is 0 Å². The highest BCUT2D eigenvalue weighted by Crippen LogP contribution is 2.43. The second-order valence-electron chi connectivity index (χ2n) is 14.3. The van der Waals surface area contributed by atoms with Gasteiger partial charge in [-0.15, -0.1) is 0 Å². The number of nitrogens with zero attached hydrogens (tertiary/aromatic N) is 3. The normalized spacial score (nSPS) is 11.9. The van der Waals surface area contributed by atoms with Crippen LogP contribution in [0.4, 0.5) is 0 Å². The van der Waals surface area contributed by atoms with E-state index in [1.54, 1.807) is 0 Å². The molecule has 5 heteroatoms. The fourth-order valence-electron chi connectivity index (χ4n) is 8.62. The molecular weight excluding hydrogens is 687 g/mol. The number of benzene rings is 9. The molecule has 0 N–H and O–H groups in total. The maximum Gasteiger partial charge on any atom is 0.164 e. The van der Waals surface area contributed by atoms with E-state index in [4.69, 9.17) is 23.8 Å². The molecule has 0 saturated heterocycles. The second-order valence-corrected chi connectivity index (χ2v) is 14.3. The van der Waals surface area contributed by atoms with E-state index in [0.29, 0.717) is 17.5 Å². The van der Waals surface area contributed by atoms with Crippen LogP contribution in [0.15, 0.2) is 185 Å². The maximum atomic E-state index is 6.68. The zero-order valence-electron chi connectivity index (χ0n) is 29.9. The molecule has 3 aromatic heterocycles. The van der Waals surface area contributed by atoms with Crippen LogP contribution in [0.3, 0.4) is 0 Å². The Morgan fingerprint density at radius 2 is 0.839 bits per heavy atom. The SMILES string of the molecule is c1ccc(-c2ccc(-c3nc(-c4cccc5c4ccc4ccc6ccccc6c45)nc(-c4cccc5oc6ccccc6c45)n3)c3c2oc2ccccc23)cc1. The lowest BCUT2D eigenvalue weighted by Crippen LogP contribution is -2.01. The number of aromatic nitrogens is 3. The van der Waals surface area contributed by atoms with E-state index >= 15 is 0 Å². The van der Waals surface area contributed by atoms with Crippen LogP contribution in [0.2, 0.25) is 0 Å².